The van der Waals surface area contributed by atoms with Crippen LogP contribution in [0.1, 0.15) is 116 Å². The van der Waals surface area contributed by atoms with Crippen LogP contribution in [-0.2, 0) is 9.59 Å². The molecule has 31 heavy (non-hydrogen) atoms. The molecule has 0 aliphatic heterocycles. The fourth-order valence-corrected chi connectivity index (χ4v) is 3.64. The summed E-state index contributed by atoms with van der Waals surface area (Å²) in [5.41, 5.74) is 0. The molecule has 0 aliphatic carbocycles. The number of carboxylic acids is 1. The van der Waals surface area contributed by atoms with Gasteiger partial charge >= 0.3 is 29.6 Å². The van der Waals surface area contributed by atoms with Crippen molar-refractivity contribution < 1.29 is 49.4 Å². The molecule has 0 aromatic carbocycles. The van der Waals surface area contributed by atoms with Crippen molar-refractivity contribution in [3.63, 3.8) is 0 Å². The zero-order valence-electron chi connectivity index (χ0n) is 20.4. The van der Waals surface area contributed by atoms with Gasteiger partial charge in [0.2, 0.25) is 5.91 Å². The van der Waals surface area contributed by atoms with Gasteiger partial charge in [0, 0.05) is 25.6 Å². The normalized spacial score (nSPS) is 11.7. The van der Waals surface area contributed by atoms with E-state index in [0.717, 1.165) is 12.8 Å². The first-order valence-electron chi connectivity index (χ1n) is 12.4. The molecule has 0 aromatic heterocycles. The minimum Gasteiger partial charge on any atom is -0.548 e. The van der Waals surface area contributed by atoms with E-state index in [1.54, 1.807) is 0 Å². The van der Waals surface area contributed by atoms with Crippen LogP contribution in [0.4, 0.5) is 0 Å². The molecule has 0 saturated carbocycles. The van der Waals surface area contributed by atoms with Crippen LogP contribution >= 0.6 is 0 Å². The third-order valence-corrected chi connectivity index (χ3v) is 5.55. The van der Waals surface area contributed by atoms with E-state index in [-0.39, 0.29) is 55.0 Å². The Morgan fingerprint density at radius 1 is 0.774 bits per heavy atom. The Kier molecular flexibility index (Phi) is 27.8. The Hall–Kier alpha value is -0.140. The van der Waals surface area contributed by atoms with Crippen LogP contribution in [0.5, 0.6) is 0 Å². The van der Waals surface area contributed by atoms with Gasteiger partial charge in [-0.25, -0.2) is 0 Å². The molecule has 1 amide bonds. The number of carbonyl (C=O) groups excluding carboxylic acids is 2. The van der Waals surface area contributed by atoms with Crippen LogP contribution in [0.15, 0.2) is 0 Å². The summed E-state index contributed by atoms with van der Waals surface area (Å²) in [4.78, 5) is 22.7. The minimum atomic E-state index is -1.21. The van der Waals surface area contributed by atoms with Gasteiger partial charge in [-0.1, -0.05) is 96.8 Å². The van der Waals surface area contributed by atoms with E-state index in [1.807, 2.05) is 0 Å². The summed E-state index contributed by atoms with van der Waals surface area (Å²) in [6.45, 7) is 2.63. The number of aliphatic hydroxyl groups is 1. The fraction of sp³-hybridized carbons (Fsp3) is 0.917. The molecule has 0 spiro atoms. The molecule has 0 fully saturated rings. The quantitative estimate of drug-likeness (QED) is 0.155. The molecule has 0 heterocycles. The standard InChI is InChI=1S/C24H48N2O4.Na/c1-2-3-4-5-6-7-8-9-10-11-12-13-14-15-16-17-23(28)26-19-18-22(24(29)30)25-20-21-27;/h22,25,27H,2-21H2,1H3,(H,26,28)(H,29,30);/q;+1/p-1. The van der Waals surface area contributed by atoms with Crippen LogP contribution in [0.2, 0.25) is 0 Å². The van der Waals surface area contributed by atoms with Gasteiger partial charge in [-0.2, -0.15) is 0 Å². The van der Waals surface area contributed by atoms with Gasteiger partial charge in [0.1, 0.15) is 0 Å². The van der Waals surface area contributed by atoms with Gasteiger partial charge in [0.05, 0.1) is 12.6 Å². The number of hydrogen-bond acceptors (Lipinski definition) is 5. The smallest absolute Gasteiger partial charge is 0.548 e. The molecule has 0 saturated heterocycles. The summed E-state index contributed by atoms with van der Waals surface area (Å²) in [5, 5.41) is 25.1. The molecule has 0 aromatic rings. The van der Waals surface area contributed by atoms with Gasteiger partial charge in [-0.05, 0) is 12.8 Å². The molecule has 1 unspecified atom stereocenters. The van der Waals surface area contributed by atoms with E-state index in [4.69, 9.17) is 5.11 Å². The van der Waals surface area contributed by atoms with Crippen molar-refractivity contribution in [2.75, 3.05) is 19.7 Å². The Labute approximate surface area is 213 Å². The number of rotatable bonds is 23. The largest absolute Gasteiger partial charge is 1.00 e. The van der Waals surface area contributed by atoms with Gasteiger partial charge < -0.3 is 25.6 Å². The number of carboxylic acid groups (broad SMARTS) is 1. The first-order valence-corrected chi connectivity index (χ1v) is 12.4. The van der Waals surface area contributed by atoms with Gasteiger partial charge in [-0.15, -0.1) is 0 Å². The Balaban J connectivity index is 0. The monoisotopic (exact) mass is 450 g/mol. The molecular weight excluding hydrogens is 403 g/mol. The second-order valence-corrected chi connectivity index (χ2v) is 8.39. The number of amides is 1. The maximum atomic E-state index is 11.8. The van der Waals surface area contributed by atoms with Crippen LogP contribution in [0, 0.1) is 0 Å². The number of nitrogens with one attached hydrogen (secondary N) is 2. The minimum absolute atomic E-state index is 0. The predicted octanol–water partition coefficient (Wildman–Crippen LogP) is 0.459. The van der Waals surface area contributed by atoms with Crippen molar-refractivity contribution in [2.45, 2.75) is 122 Å². The molecule has 6 nitrogen and oxygen atoms in total. The second-order valence-electron chi connectivity index (χ2n) is 8.39. The van der Waals surface area contributed by atoms with Gasteiger partial charge in [0.15, 0.2) is 0 Å². The molecule has 0 rings (SSSR count). The predicted molar refractivity (Wildman–Crippen MR) is 121 cm³/mol. The van der Waals surface area contributed by atoms with E-state index >= 15 is 0 Å². The summed E-state index contributed by atoms with van der Waals surface area (Å²) in [6, 6.07) is -0.844. The average molecular weight is 451 g/mol. The topological polar surface area (TPSA) is 101 Å². The van der Waals surface area contributed by atoms with Gasteiger partial charge in [0.25, 0.3) is 0 Å². The summed E-state index contributed by atoms with van der Waals surface area (Å²) >= 11 is 0. The molecule has 0 radical (unpaired) electrons. The number of hydrogen-bond donors (Lipinski definition) is 3. The molecule has 178 valence electrons. The number of aliphatic hydroxyl groups excluding tert-OH is 1. The molecule has 1 atom stereocenters. The molecule has 0 bridgehead atoms. The van der Waals surface area contributed by atoms with Crippen LogP contribution in [0.25, 0.3) is 0 Å². The van der Waals surface area contributed by atoms with E-state index in [2.05, 4.69) is 17.6 Å². The van der Waals surface area contributed by atoms with Crippen molar-refractivity contribution in [2.24, 2.45) is 0 Å². The zero-order chi connectivity index (χ0) is 22.3. The summed E-state index contributed by atoms with van der Waals surface area (Å²) < 4.78 is 0. The van der Waals surface area contributed by atoms with Gasteiger partial charge in [-0.3, -0.25) is 4.79 Å². The summed E-state index contributed by atoms with van der Waals surface area (Å²) in [6.07, 6.45) is 20.3. The number of carbonyl (C=O) groups is 2. The zero-order valence-corrected chi connectivity index (χ0v) is 22.4. The molecule has 3 N–H and O–H groups in total. The maximum Gasteiger partial charge on any atom is 1.00 e. The van der Waals surface area contributed by atoms with Crippen LogP contribution in [-0.4, -0.2) is 42.7 Å². The molecule has 7 heteroatoms. The van der Waals surface area contributed by atoms with Crippen molar-refractivity contribution >= 4 is 11.9 Å². The van der Waals surface area contributed by atoms with Crippen molar-refractivity contribution in [3.8, 4) is 0 Å². The first kappa shape index (κ1) is 33.0. The van der Waals surface area contributed by atoms with Crippen molar-refractivity contribution in [3.05, 3.63) is 0 Å². The van der Waals surface area contributed by atoms with E-state index in [9.17, 15) is 14.7 Å². The third kappa shape index (κ3) is 24.3. The Morgan fingerprint density at radius 3 is 1.65 bits per heavy atom. The average Bonchev–Trinajstić information content (AvgIpc) is 2.73. The molecular formula is C24H47N2NaO4. The van der Waals surface area contributed by atoms with E-state index in [0.29, 0.717) is 13.0 Å². The van der Waals surface area contributed by atoms with Crippen LogP contribution in [0.3, 0.4) is 0 Å². The molecule has 0 aliphatic rings. The SMILES string of the molecule is CCCCCCCCCCCCCCCCCC(=O)NCCC(NCCO)C(=O)[O-].[Na+]. The second kappa shape index (κ2) is 26.1. The third-order valence-electron chi connectivity index (χ3n) is 5.55. The van der Waals surface area contributed by atoms with E-state index < -0.39 is 12.0 Å². The van der Waals surface area contributed by atoms with Crippen molar-refractivity contribution in [1.82, 2.24) is 10.6 Å². The van der Waals surface area contributed by atoms with E-state index in [1.165, 1.54) is 83.5 Å². The Bertz CT molecular complexity index is 411. The first-order chi connectivity index (χ1) is 14.6. The summed E-state index contributed by atoms with van der Waals surface area (Å²) in [7, 11) is 0. The Morgan fingerprint density at radius 2 is 1.23 bits per heavy atom. The maximum absolute atomic E-state index is 11.8. The summed E-state index contributed by atoms with van der Waals surface area (Å²) in [5.74, 6) is -1.23. The van der Waals surface area contributed by atoms with Crippen LogP contribution < -0.4 is 45.3 Å². The number of unbranched alkanes of at least 4 members (excludes halogenated alkanes) is 14. The van der Waals surface area contributed by atoms with Crippen molar-refractivity contribution in [1.29, 1.82) is 0 Å². The number of aliphatic carboxylic acids is 1. The fourth-order valence-electron chi connectivity index (χ4n) is 3.64.